The summed E-state index contributed by atoms with van der Waals surface area (Å²) < 4.78 is 0. The summed E-state index contributed by atoms with van der Waals surface area (Å²) in [5.74, 6) is 0. The van der Waals surface area contributed by atoms with Crippen molar-refractivity contribution in [3.8, 4) is 0 Å². The Morgan fingerprint density at radius 1 is 0.867 bits per heavy atom. The van der Waals surface area contributed by atoms with Crippen LogP contribution in [-0.4, -0.2) is 39.0 Å². The maximum Gasteiger partial charge on any atom is 0.239 e. The number of rotatable bonds is 1. The van der Waals surface area contributed by atoms with Crippen molar-refractivity contribution in [1.29, 1.82) is 0 Å². The van der Waals surface area contributed by atoms with E-state index in [9.17, 15) is 0 Å². The normalized spacial score (nSPS) is 24.3. The van der Waals surface area contributed by atoms with E-state index in [0.29, 0.717) is 0 Å². The van der Waals surface area contributed by atoms with E-state index >= 15 is 0 Å². The molecule has 15 heavy (non-hydrogen) atoms. The summed E-state index contributed by atoms with van der Waals surface area (Å²) >= 11 is 0. The van der Waals surface area contributed by atoms with Gasteiger partial charge in [0.15, 0.2) is 0 Å². The first-order valence-corrected chi connectivity index (χ1v) is 13.9. The van der Waals surface area contributed by atoms with Crippen LogP contribution < -0.4 is 5.30 Å². The van der Waals surface area contributed by atoms with Crippen LogP contribution >= 0.6 is 21.2 Å². The first-order chi connectivity index (χ1) is 6.93. The molecular weight excluding hydrogens is 237 g/mol. The molecule has 0 radical (unpaired) electrons. The SMILES string of the molecule is C[P+]1(C)CC[P+](C)(C)P1c1ccccc1. The van der Waals surface area contributed by atoms with Crippen LogP contribution in [0.25, 0.3) is 0 Å². The Labute approximate surface area is 96.1 Å². The average Bonchev–Trinajstić information content (AvgIpc) is 2.37. The van der Waals surface area contributed by atoms with E-state index in [1.165, 1.54) is 12.3 Å². The standard InChI is InChI=1S/C12H21P3/c1-14(2)10-11-15(3,4)13(14)12-8-6-5-7-9-12/h5-9H,10-11H2,1-4H3/q+2. The monoisotopic (exact) mass is 258 g/mol. The second kappa shape index (κ2) is 4.07. The lowest BCUT2D eigenvalue weighted by Crippen LogP contribution is -2.01. The molecule has 0 aromatic heterocycles. The minimum absolute atomic E-state index is 0.195. The van der Waals surface area contributed by atoms with Crippen molar-refractivity contribution in [1.82, 2.24) is 0 Å². The predicted octanol–water partition coefficient (Wildman–Crippen LogP) is 4.19. The molecular formula is C12H21P3+2. The average molecular weight is 258 g/mol. The summed E-state index contributed by atoms with van der Waals surface area (Å²) in [6.45, 7) is 9.07. The van der Waals surface area contributed by atoms with Crippen LogP contribution in [0.1, 0.15) is 0 Å². The van der Waals surface area contributed by atoms with Gasteiger partial charge < -0.3 is 0 Å². The van der Waals surface area contributed by atoms with Crippen LogP contribution in [0, 0.1) is 0 Å². The maximum atomic E-state index is 2.58. The van der Waals surface area contributed by atoms with E-state index < -0.39 is 13.9 Å². The lowest BCUT2D eigenvalue weighted by molar-refractivity contribution is 1.49. The van der Waals surface area contributed by atoms with Gasteiger partial charge in [-0.15, -0.1) is 0 Å². The number of benzene rings is 1. The summed E-state index contributed by atoms with van der Waals surface area (Å²) in [6.07, 6.45) is 3.07. The Hall–Kier alpha value is 0.510. The minimum atomic E-state index is -0.633. The summed E-state index contributed by atoms with van der Waals surface area (Å²) in [5.41, 5.74) is 0. The van der Waals surface area contributed by atoms with Crippen LogP contribution in [-0.2, 0) is 0 Å². The molecule has 0 N–H and O–H groups in total. The first kappa shape index (κ1) is 12.0. The molecule has 1 heterocycles. The smallest absolute Gasteiger partial charge is 0.0622 e. The fourth-order valence-electron chi connectivity index (χ4n) is 2.52. The highest BCUT2D eigenvalue weighted by Gasteiger charge is 2.61. The van der Waals surface area contributed by atoms with Crippen molar-refractivity contribution in [3.63, 3.8) is 0 Å². The van der Waals surface area contributed by atoms with Crippen LogP contribution in [0.15, 0.2) is 30.3 Å². The molecule has 3 heteroatoms. The van der Waals surface area contributed by atoms with Gasteiger partial charge in [0.25, 0.3) is 0 Å². The lowest BCUT2D eigenvalue weighted by atomic mass is 10.4. The molecule has 1 aromatic rings. The number of hydrogen-bond acceptors (Lipinski definition) is 0. The quantitative estimate of drug-likeness (QED) is 0.662. The van der Waals surface area contributed by atoms with Gasteiger partial charge in [-0.25, -0.2) is 0 Å². The lowest BCUT2D eigenvalue weighted by Gasteiger charge is -2.22. The van der Waals surface area contributed by atoms with Crippen molar-refractivity contribution in [2.45, 2.75) is 0 Å². The molecule has 0 unspecified atom stereocenters. The minimum Gasteiger partial charge on any atom is -0.0622 e. The molecule has 82 valence electrons. The highest BCUT2D eigenvalue weighted by Crippen LogP contribution is 3.03. The molecule has 0 saturated carbocycles. The van der Waals surface area contributed by atoms with Crippen molar-refractivity contribution in [3.05, 3.63) is 30.3 Å². The van der Waals surface area contributed by atoms with Crippen molar-refractivity contribution >= 4 is 26.5 Å². The van der Waals surface area contributed by atoms with Crippen molar-refractivity contribution < 1.29 is 0 Å². The maximum absolute atomic E-state index is 2.58. The van der Waals surface area contributed by atoms with E-state index in [0.717, 1.165) is 0 Å². The Balaban J connectivity index is 2.42. The zero-order chi connectivity index (χ0) is 11.1. The molecule has 0 bridgehead atoms. The molecule has 1 aromatic carbocycles. The van der Waals surface area contributed by atoms with Gasteiger partial charge in [-0.2, -0.15) is 0 Å². The van der Waals surface area contributed by atoms with Crippen LogP contribution in [0.4, 0.5) is 0 Å². The van der Waals surface area contributed by atoms with Gasteiger partial charge in [0.2, 0.25) is 7.30 Å². The van der Waals surface area contributed by atoms with Crippen LogP contribution in [0.5, 0.6) is 0 Å². The second-order valence-corrected chi connectivity index (χ2v) is 23.6. The van der Waals surface area contributed by atoms with Crippen molar-refractivity contribution in [2.75, 3.05) is 39.0 Å². The highest BCUT2D eigenvalue weighted by molar-refractivity contribution is 8.73. The molecule has 0 spiro atoms. The highest BCUT2D eigenvalue weighted by atomic mass is 32.5. The first-order valence-electron chi connectivity index (χ1n) is 5.46. The van der Waals surface area contributed by atoms with E-state index in [2.05, 4.69) is 57.0 Å². The third kappa shape index (κ3) is 2.29. The van der Waals surface area contributed by atoms with Crippen LogP contribution in [0.3, 0.4) is 0 Å². The topological polar surface area (TPSA) is 0 Å². The molecule has 0 atom stereocenters. The van der Waals surface area contributed by atoms with E-state index in [1.54, 1.807) is 5.30 Å². The molecule has 2 rings (SSSR count). The molecule has 1 saturated heterocycles. The number of hydrogen-bond donors (Lipinski definition) is 0. The van der Waals surface area contributed by atoms with E-state index in [4.69, 9.17) is 0 Å². The van der Waals surface area contributed by atoms with E-state index in [1.807, 2.05) is 0 Å². The van der Waals surface area contributed by atoms with Gasteiger partial charge in [0.05, 0.1) is 58.2 Å². The molecule has 0 nitrogen and oxygen atoms in total. The van der Waals surface area contributed by atoms with Gasteiger partial charge in [-0.3, -0.25) is 0 Å². The van der Waals surface area contributed by atoms with Crippen LogP contribution in [0.2, 0.25) is 0 Å². The molecule has 0 aliphatic carbocycles. The van der Waals surface area contributed by atoms with Gasteiger partial charge >= 0.3 is 0 Å². The molecule has 1 fully saturated rings. The summed E-state index contributed by atoms with van der Waals surface area (Å²) in [7, 11) is 0.195. The Morgan fingerprint density at radius 3 is 1.80 bits per heavy atom. The summed E-state index contributed by atoms with van der Waals surface area (Å²) in [4.78, 5) is 0. The second-order valence-electron chi connectivity index (χ2n) is 5.31. The zero-order valence-corrected chi connectivity index (χ0v) is 12.8. The third-order valence-corrected chi connectivity index (χ3v) is 26.5. The summed E-state index contributed by atoms with van der Waals surface area (Å²) in [5, 5.41) is 1.68. The van der Waals surface area contributed by atoms with Gasteiger partial charge in [-0.1, -0.05) is 18.2 Å². The molecule has 1 aliphatic heterocycles. The predicted molar refractivity (Wildman–Crippen MR) is 80.3 cm³/mol. The molecule has 0 amide bonds. The van der Waals surface area contributed by atoms with E-state index in [-0.39, 0.29) is 7.30 Å². The van der Waals surface area contributed by atoms with Crippen molar-refractivity contribution in [2.24, 2.45) is 0 Å². The van der Waals surface area contributed by atoms with Gasteiger partial charge in [0, 0.05) is 0 Å². The fraction of sp³-hybridized carbons (Fsp3) is 0.500. The summed E-state index contributed by atoms with van der Waals surface area (Å²) in [6, 6.07) is 11.3. The Morgan fingerprint density at radius 2 is 1.33 bits per heavy atom. The zero-order valence-electron chi connectivity index (χ0n) is 10.1. The largest absolute Gasteiger partial charge is 0.239 e. The van der Waals surface area contributed by atoms with Gasteiger partial charge in [0.1, 0.15) is 0 Å². The van der Waals surface area contributed by atoms with Gasteiger partial charge in [-0.05, 0) is 12.1 Å². The fourth-order valence-corrected chi connectivity index (χ4v) is 34.5. The Bertz CT molecular complexity index is 327. The third-order valence-electron chi connectivity index (χ3n) is 3.21. The molecule has 1 aliphatic rings. The Kier molecular flexibility index (Phi) is 3.25.